The number of nitrogens with zero attached hydrogens (tertiary/aromatic N) is 2. The minimum absolute atomic E-state index is 0.0632. The van der Waals surface area contributed by atoms with E-state index in [1.54, 1.807) is 0 Å². The molecule has 2 N–H and O–H groups in total. The molecular weight excluding hydrogens is 238 g/mol. The number of amides is 1. The van der Waals surface area contributed by atoms with Gasteiger partial charge < -0.3 is 15.4 Å². The second-order valence-electron chi connectivity index (χ2n) is 4.57. The average molecular weight is 257 g/mol. The summed E-state index contributed by atoms with van der Waals surface area (Å²) in [6.07, 6.45) is 1.24. The minimum atomic E-state index is 0.0632. The third-order valence-corrected chi connectivity index (χ3v) is 3.55. The first-order chi connectivity index (χ1) is 8.16. The zero-order valence-corrected chi connectivity index (χ0v) is 10.7. The van der Waals surface area contributed by atoms with Gasteiger partial charge in [-0.15, -0.1) is 0 Å². The standard InChI is InChI=1S/C11H19N3O2S/c12-10(17)7-11(15)14-2-1-9(8-14)13-3-5-16-6-4-13/h9H,1-8H2,(H2,12,17). The predicted molar refractivity (Wildman–Crippen MR) is 68.8 cm³/mol. The fourth-order valence-corrected chi connectivity index (χ4v) is 2.59. The molecule has 2 fully saturated rings. The lowest BCUT2D eigenvalue weighted by Crippen LogP contribution is -2.45. The largest absolute Gasteiger partial charge is 0.393 e. The van der Waals surface area contributed by atoms with Crippen LogP contribution >= 0.6 is 12.2 Å². The molecule has 96 valence electrons. The van der Waals surface area contributed by atoms with Crippen LogP contribution in [-0.4, -0.2) is 66.1 Å². The number of likely N-dealkylation sites (tertiary alicyclic amines) is 1. The quantitative estimate of drug-likeness (QED) is 0.697. The topological polar surface area (TPSA) is 58.8 Å². The summed E-state index contributed by atoms with van der Waals surface area (Å²) >= 11 is 4.77. The highest BCUT2D eigenvalue weighted by molar-refractivity contribution is 7.80. The van der Waals surface area contributed by atoms with E-state index in [4.69, 9.17) is 22.7 Å². The Balaban J connectivity index is 1.82. The van der Waals surface area contributed by atoms with Gasteiger partial charge in [0.25, 0.3) is 0 Å². The van der Waals surface area contributed by atoms with Crippen molar-refractivity contribution in [3.05, 3.63) is 0 Å². The molecule has 0 saturated carbocycles. The van der Waals surface area contributed by atoms with Gasteiger partial charge in [-0.2, -0.15) is 0 Å². The SMILES string of the molecule is NC(=S)CC(=O)N1CCC(N2CCOCC2)C1. The fraction of sp³-hybridized carbons (Fsp3) is 0.818. The number of nitrogens with two attached hydrogens (primary N) is 1. The van der Waals surface area contributed by atoms with Gasteiger partial charge in [-0.1, -0.05) is 12.2 Å². The molecule has 1 unspecified atom stereocenters. The smallest absolute Gasteiger partial charge is 0.229 e. The van der Waals surface area contributed by atoms with E-state index < -0.39 is 0 Å². The van der Waals surface area contributed by atoms with Gasteiger partial charge in [-0.05, 0) is 6.42 Å². The molecular formula is C11H19N3O2S. The zero-order chi connectivity index (χ0) is 12.3. The number of rotatable bonds is 3. The summed E-state index contributed by atoms with van der Waals surface area (Å²) < 4.78 is 5.33. The predicted octanol–water partition coefficient (Wildman–Crippen LogP) is -0.404. The van der Waals surface area contributed by atoms with Crippen molar-refractivity contribution < 1.29 is 9.53 Å². The molecule has 0 bridgehead atoms. The molecule has 0 radical (unpaired) electrons. The lowest BCUT2D eigenvalue weighted by molar-refractivity contribution is -0.129. The van der Waals surface area contributed by atoms with Gasteiger partial charge >= 0.3 is 0 Å². The van der Waals surface area contributed by atoms with Crippen molar-refractivity contribution in [2.75, 3.05) is 39.4 Å². The summed E-state index contributed by atoms with van der Waals surface area (Å²) in [7, 11) is 0. The Morgan fingerprint density at radius 1 is 1.35 bits per heavy atom. The molecule has 2 saturated heterocycles. The maximum Gasteiger partial charge on any atom is 0.229 e. The van der Waals surface area contributed by atoms with E-state index in [-0.39, 0.29) is 17.3 Å². The van der Waals surface area contributed by atoms with Crippen molar-refractivity contribution in [2.45, 2.75) is 18.9 Å². The molecule has 5 nitrogen and oxygen atoms in total. The first-order valence-electron chi connectivity index (χ1n) is 6.04. The Morgan fingerprint density at radius 2 is 2.06 bits per heavy atom. The van der Waals surface area contributed by atoms with Crippen molar-refractivity contribution in [3.63, 3.8) is 0 Å². The van der Waals surface area contributed by atoms with Crippen molar-refractivity contribution in [1.82, 2.24) is 9.80 Å². The lowest BCUT2D eigenvalue weighted by Gasteiger charge is -2.32. The monoisotopic (exact) mass is 257 g/mol. The number of hydrogen-bond acceptors (Lipinski definition) is 4. The van der Waals surface area contributed by atoms with Crippen LogP contribution in [0, 0.1) is 0 Å². The summed E-state index contributed by atoms with van der Waals surface area (Å²) in [6.45, 7) is 5.18. The van der Waals surface area contributed by atoms with Crippen LogP contribution in [-0.2, 0) is 9.53 Å². The van der Waals surface area contributed by atoms with Gasteiger partial charge in [0.1, 0.15) is 0 Å². The Labute approximate surface area is 107 Å². The molecule has 1 atom stereocenters. The Kier molecular flexibility index (Phi) is 4.31. The second-order valence-corrected chi connectivity index (χ2v) is 5.10. The maximum atomic E-state index is 11.8. The first kappa shape index (κ1) is 12.7. The van der Waals surface area contributed by atoms with E-state index in [1.165, 1.54) is 0 Å². The van der Waals surface area contributed by atoms with Crippen LogP contribution < -0.4 is 5.73 Å². The zero-order valence-electron chi connectivity index (χ0n) is 9.93. The Bertz CT molecular complexity index is 305. The van der Waals surface area contributed by atoms with Crippen LogP contribution in [0.25, 0.3) is 0 Å². The van der Waals surface area contributed by atoms with Gasteiger partial charge in [-0.3, -0.25) is 9.69 Å². The number of carbonyl (C=O) groups excluding carboxylic acids is 1. The van der Waals surface area contributed by atoms with Gasteiger partial charge in [0.15, 0.2) is 0 Å². The second kappa shape index (κ2) is 5.75. The minimum Gasteiger partial charge on any atom is -0.393 e. The molecule has 0 aliphatic carbocycles. The molecule has 0 spiro atoms. The number of hydrogen-bond donors (Lipinski definition) is 1. The highest BCUT2D eigenvalue weighted by atomic mass is 32.1. The van der Waals surface area contributed by atoms with E-state index in [0.717, 1.165) is 45.8 Å². The number of ether oxygens (including phenoxy) is 1. The van der Waals surface area contributed by atoms with Crippen LogP contribution in [0.4, 0.5) is 0 Å². The molecule has 2 aliphatic rings. The number of morpholine rings is 1. The van der Waals surface area contributed by atoms with Crippen molar-refractivity contribution >= 4 is 23.1 Å². The highest BCUT2D eigenvalue weighted by Gasteiger charge is 2.30. The fourth-order valence-electron chi connectivity index (χ4n) is 2.47. The van der Waals surface area contributed by atoms with E-state index in [1.807, 2.05) is 4.90 Å². The van der Waals surface area contributed by atoms with Crippen LogP contribution in [0.1, 0.15) is 12.8 Å². The third-order valence-electron chi connectivity index (χ3n) is 3.40. The molecule has 0 aromatic rings. The third kappa shape index (κ3) is 3.37. The summed E-state index contributed by atoms with van der Waals surface area (Å²) in [4.78, 5) is 16.4. The summed E-state index contributed by atoms with van der Waals surface area (Å²) in [5.41, 5.74) is 5.40. The van der Waals surface area contributed by atoms with Crippen molar-refractivity contribution in [1.29, 1.82) is 0 Å². The average Bonchev–Trinajstić information content (AvgIpc) is 2.78. The molecule has 2 rings (SSSR count). The highest BCUT2D eigenvalue weighted by Crippen LogP contribution is 2.17. The Hall–Kier alpha value is -0.720. The van der Waals surface area contributed by atoms with Gasteiger partial charge in [0.05, 0.1) is 24.6 Å². The lowest BCUT2D eigenvalue weighted by atomic mass is 10.2. The number of thiocarbonyl (C=S) groups is 1. The summed E-state index contributed by atoms with van der Waals surface area (Å²) in [5.74, 6) is 0.0632. The van der Waals surface area contributed by atoms with E-state index in [9.17, 15) is 4.79 Å². The molecule has 0 aromatic heterocycles. The molecule has 6 heteroatoms. The summed E-state index contributed by atoms with van der Waals surface area (Å²) in [6, 6.07) is 0.481. The first-order valence-corrected chi connectivity index (χ1v) is 6.45. The van der Waals surface area contributed by atoms with Gasteiger partial charge in [0.2, 0.25) is 5.91 Å². The molecule has 2 aliphatic heterocycles. The molecule has 0 aromatic carbocycles. The van der Waals surface area contributed by atoms with Crippen LogP contribution in [0.3, 0.4) is 0 Å². The van der Waals surface area contributed by atoms with Gasteiger partial charge in [-0.25, -0.2) is 0 Å². The van der Waals surface area contributed by atoms with Crippen LogP contribution in [0.5, 0.6) is 0 Å². The van der Waals surface area contributed by atoms with Crippen molar-refractivity contribution in [2.24, 2.45) is 5.73 Å². The van der Waals surface area contributed by atoms with E-state index >= 15 is 0 Å². The van der Waals surface area contributed by atoms with Gasteiger partial charge in [0, 0.05) is 32.2 Å². The van der Waals surface area contributed by atoms with Crippen LogP contribution in [0.15, 0.2) is 0 Å². The maximum absolute atomic E-state index is 11.8. The number of carbonyl (C=O) groups is 1. The summed E-state index contributed by atoms with van der Waals surface area (Å²) in [5, 5.41) is 0. The Morgan fingerprint density at radius 3 is 2.71 bits per heavy atom. The molecule has 17 heavy (non-hydrogen) atoms. The van der Waals surface area contributed by atoms with E-state index in [0.29, 0.717) is 6.04 Å². The van der Waals surface area contributed by atoms with E-state index in [2.05, 4.69) is 4.90 Å². The normalized spacial score (nSPS) is 26.1. The molecule has 2 heterocycles. The molecule has 1 amide bonds. The van der Waals surface area contributed by atoms with Crippen molar-refractivity contribution in [3.8, 4) is 0 Å². The van der Waals surface area contributed by atoms with Crippen LogP contribution in [0.2, 0.25) is 0 Å².